The molecule has 1 atom stereocenters. The maximum Gasteiger partial charge on any atom is 0.112 e. The van der Waals surface area contributed by atoms with Gasteiger partial charge in [0.15, 0.2) is 0 Å². The van der Waals surface area contributed by atoms with Gasteiger partial charge in [0.05, 0.1) is 18.2 Å². The first-order chi connectivity index (χ1) is 8.82. The fourth-order valence-electron chi connectivity index (χ4n) is 3.23. The van der Waals surface area contributed by atoms with Crippen molar-refractivity contribution in [3.8, 4) is 0 Å². The molecule has 1 heterocycles. The Morgan fingerprint density at radius 2 is 2.17 bits per heavy atom. The van der Waals surface area contributed by atoms with Crippen molar-refractivity contribution in [2.75, 3.05) is 20.3 Å². The average molecular weight is 253 g/mol. The van der Waals surface area contributed by atoms with Crippen LogP contribution in [0.1, 0.15) is 51.9 Å². The van der Waals surface area contributed by atoms with Crippen LogP contribution in [0, 0.1) is 0 Å². The molecule has 1 aliphatic heterocycles. The Hall–Kier alpha value is -0.540. The summed E-state index contributed by atoms with van der Waals surface area (Å²) in [6.45, 7) is 4.06. The topological polar surface area (TPSA) is 30.5 Å². The molecule has 2 rings (SSSR count). The van der Waals surface area contributed by atoms with Crippen LogP contribution in [-0.2, 0) is 9.47 Å². The summed E-state index contributed by atoms with van der Waals surface area (Å²) in [5, 5.41) is 3.65. The zero-order valence-electron chi connectivity index (χ0n) is 11.8. The molecule has 1 N–H and O–H groups in total. The van der Waals surface area contributed by atoms with Gasteiger partial charge in [0.25, 0.3) is 0 Å². The van der Waals surface area contributed by atoms with E-state index in [-0.39, 0.29) is 11.6 Å². The molecule has 0 aromatic heterocycles. The molecule has 2 aliphatic rings. The molecule has 0 radical (unpaired) electrons. The number of hydrogen-bond donors (Lipinski definition) is 1. The van der Waals surface area contributed by atoms with E-state index in [9.17, 15) is 0 Å². The minimum atomic E-state index is -0.0520. The van der Waals surface area contributed by atoms with Gasteiger partial charge in [0.2, 0.25) is 0 Å². The molecule has 1 aliphatic carbocycles. The summed E-state index contributed by atoms with van der Waals surface area (Å²) >= 11 is 0. The number of methoxy groups -OCH3 is 1. The number of rotatable bonds is 6. The number of ether oxygens (including phenoxy) is 2. The summed E-state index contributed by atoms with van der Waals surface area (Å²) in [6.07, 6.45) is 10.6. The van der Waals surface area contributed by atoms with Crippen LogP contribution < -0.4 is 5.32 Å². The Morgan fingerprint density at radius 1 is 1.39 bits per heavy atom. The van der Waals surface area contributed by atoms with Crippen LogP contribution in [0.3, 0.4) is 0 Å². The van der Waals surface area contributed by atoms with Crippen LogP contribution in [0.4, 0.5) is 0 Å². The molecule has 0 saturated heterocycles. The summed E-state index contributed by atoms with van der Waals surface area (Å²) in [4.78, 5) is 0. The van der Waals surface area contributed by atoms with Crippen molar-refractivity contribution in [2.24, 2.45) is 0 Å². The highest BCUT2D eigenvalue weighted by Gasteiger charge is 2.43. The molecule has 0 aromatic carbocycles. The van der Waals surface area contributed by atoms with Crippen LogP contribution in [0.2, 0.25) is 0 Å². The quantitative estimate of drug-likeness (QED) is 0.789. The van der Waals surface area contributed by atoms with Gasteiger partial charge in [0, 0.05) is 13.5 Å². The van der Waals surface area contributed by atoms with E-state index in [1.807, 2.05) is 7.11 Å². The van der Waals surface area contributed by atoms with Crippen molar-refractivity contribution in [1.82, 2.24) is 5.32 Å². The van der Waals surface area contributed by atoms with E-state index in [1.54, 1.807) is 0 Å². The summed E-state index contributed by atoms with van der Waals surface area (Å²) in [6, 6.07) is 0.241. The van der Waals surface area contributed by atoms with E-state index in [2.05, 4.69) is 18.3 Å². The lowest BCUT2D eigenvalue weighted by Gasteiger charge is -2.43. The third kappa shape index (κ3) is 2.89. The first kappa shape index (κ1) is 13.9. The molecule has 0 aromatic rings. The molecule has 0 amide bonds. The summed E-state index contributed by atoms with van der Waals surface area (Å²) < 4.78 is 11.8. The van der Waals surface area contributed by atoms with Crippen LogP contribution in [0.5, 0.6) is 0 Å². The van der Waals surface area contributed by atoms with E-state index < -0.39 is 0 Å². The molecule has 104 valence electrons. The van der Waals surface area contributed by atoms with E-state index in [1.165, 1.54) is 19.3 Å². The summed E-state index contributed by atoms with van der Waals surface area (Å²) in [7, 11) is 1.86. The zero-order chi connectivity index (χ0) is 12.8. The maximum atomic E-state index is 5.97. The Balaban J connectivity index is 2.13. The molecule has 1 fully saturated rings. The van der Waals surface area contributed by atoms with Crippen molar-refractivity contribution in [1.29, 1.82) is 0 Å². The number of hydrogen-bond acceptors (Lipinski definition) is 3. The highest BCUT2D eigenvalue weighted by molar-refractivity contribution is 5.15. The molecule has 0 spiro atoms. The van der Waals surface area contributed by atoms with Gasteiger partial charge in [-0.05, 0) is 31.9 Å². The summed E-state index contributed by atoms with van der Waals surface area (Å²) in [5.41, 5.74) is -0.0520. The lowest BCUT2D eigenvalue weighted by Crippen LogP contribution is -2.54. The Kier molecular flexibility index (Phi) is 5.07. The predicted octanol–water partition coefficient (Wildman–Crippen LogP) is 3.01. The van der Waals surface area contributed by atoms with Gasteiger partial charge in [-0.3, -0.25) is 0 Å². The molecular weight excluding hydrogens is 226 g/mol. The second-order valence-corrected chi connectivity index (χ2v) is 5.46. The van der Waals surface area contributed by atoms with Crippen molar-refractivity contribution >= 4 is 0 Å². The van der Waals surface area contributed by atoms with Gasteiger partial charge in [-0.25, -0.2) is 0 Å². The largest absolute Gasteiger partial charge is 0.496 e. The van der Waals surface area contributed by atoms with E-state index in [0.29, 0.717) is 0 Å². The van der Waals surface area contributed by atoms with E-state index in [4.69, 9.17) is 9.47 Å². The smallest absolute Gasteiger partial charge is 0.112 e. The van der Waals surface area contributed by atoms with Gasteiger partial charge < -0.3 is 14.8 Å². The van der Waals surface area contributed by atoms with Crippen molar-refractivity contribution in [3.05, 3.63) is 11.8 Å². The fraction of sp³-hybridized carbons (Fsp3) is 0.867. The average Bonchev–Trinajstić information content (AvgIpc) is 2.94. The summed E-state index contributed by atoms with van der Waals surface area (Å²) in [5.74, 6) is 1.12. The molecule has 18 heavy (non-hydrogen) atoms. The monoisotopic (exact) mass is 253 g/mol. The van der Waals surface area contributed by atoms with Gasteiger partial charge in [-0.1, -0.05) is 26.2 Å². The Bertz CT molecular complexity index is 282. The Morgan fingerprint density at radius 3 is 2.72 bits per heavy atom. The highest BCUT2D eigenvalue weighted by Crippen LogP contribution is 2.37. The molecule has 3 heteroatoms. The molecule has 1 unspecified atom stereocenters. The standard InChI is InChI=1S/C15H27NO2/c1-3-11-16-14(13-8-7-12-18-13)15(17-2)9-5-4-6-10-15/h8,14,16H,3-7,9-12H2,1-2H3. The lowest BCUT2D eigenvalue weighted by atomic mass is 9.78. The third-order valence-corrected chi connectivity index (χ3v) is 4.25. The highest BCUT2D eigenvalue weighted by atomic mass is 16.5. The predicted molar refractivity (Wildman–Crippen MR) is 73.6 cm³/mol. The SMILES string of the molecule is CCCNC(C1=CCCO1)C1(OC)CCCCC1. The van der Waals surface area contributed by atoms with E-state index >= 15 is 0 Å². The number of nitrogens with one attached hydrogen (secondary N) is 1. The van der Waals surface area contributed by atoms with Gasteiger partial charge in [-0.15, -0.1) is 0 Å². The van der Waals surface area contributed by atoms with Crippen LogP contribution in [0.25, 0.3) is 0 Å². The van der Waals surface area contributed by atoms with Crippen LogP contribution in [-0.4, -0.2) is 31.9 Å². The molecule has 1 saturated carbocycles. The molecule has 3 nitrogen and oxygen atoms in total. The van der Waals surface area contributed by atoms with Crippen molar-refractivity contribution in [2.45, 2.75) is 63.5 Å². The van der Waals surface area contributed by atoms with Gasteiger partial charge >= 0.3 is 0 Å². The molecular formula is C15H27NO2. The van der Waals surface area contributed by atoms with Gasteiger partial charge in [-0.2, -0.15) is 0 Å². The second-order valence-electron chi connectivity index (χ2n) is 5.46. The van der Waals surface area contributed by atoms with Crippen molar-refractivity contribution in [3.63, 3.8) is 0 Å². The van der Waals surface area contributed by atoms with Crippen LogP contribution >= 0.6 is 0 Å². The first-order valence-corrected chi connectivity index (χ1v) is 7.44. The fourth-order valence-corrected chi connectivity index (χ4v) is 3.23. The lowest BCUT2D eigenvalue weighted by molar-refractivity contribution is -0.0685. The maximum absolute atomic E-state index is 5.97. The molecule has 0 bridgehead atoms. The van der Waals surface area contributed by atoms with Crippen LogP contribution in [0.15, 0.2) is 11.8 Å². The minimum absolute atomic E-state index is 0.0520. The second kappa shape index (κ2) is 6.58. The zero-order valence-corrected chi connectivity index (χ0v) is 11.8. The first-order valence-electron chi connectivity index (χ1n) is 7.44. The van der Waals surface area contributed by atoms with Gasteiger partial charge in [0.1, 0.15) is 5.76 Å². The van der Waals surface area contributed by atoms with E-state index in [0.717, 1.165) is 44.6 Å². The minimum Gasteiger partial charge on any atom is -0.496 e. The normalized spacial score (nSPS) is 24.4. The third-order valence-electron chi connectivity index (χ3n) is 4.25. The van der Waals surface area contributed by atoms with Crippen molar-refractivity contribution < 1.29 is 9.47 Å². The Labute approximate surface area is 111 Å².